The fraction of sp³-hybridized carbons (Fsp3) is 0.516. The van der Waals surface area contributed by atoms with Crippen molar-refractivity contribution in [2.45, 2.75) is 56.5 Å². The van der Waals surface area contributed by atoms with E-state index in [1.54, 1.807) is 18.5 Å². The molecule has 45 heavy (non-hydrogen) atoms. The van der Waals surface area contributed by atoms with Gasteiger partial charge in [0.05, 0.1) is 43.9 Å². The minimum atomic E-state index is -4.65. The number of aryl methyl sites for hydroxylation is 1. The van der Waals surface area contributed by atoms with Crippen LogP contribution in [0.1, 0.15) is 57.7 Å². The van der Waals surface area contributed by atoms with Crippen LogP contribution in [0.3, 0.4) is 0 Å². The first kappa shape index (κ1) is 29.6. The number of anilines is 2. The van der Waals surface area contributed by atoms with Gasteiger partial charge in [0.2, 0.25) is 0 Å². The van der Waals surface area contributed by atoms with Crippen LogP contribution in [0.5, 0.6) is 0 Å². The number of ether oxygens (including phenoxy) is 1. The number of fused-ring (bicyclic) bond motifs is 1. The van der Waals surface area contributed by atoms with Gasteiger partial charge in [-0.25, -0.2) is 4.98 Å². The molecule has 236 valence electrons. The third-order valence-electron chi connectivity index (χ3n) is 9.81. The molecule has 1 aromatic carbocycles. The highest BCUT2D eigenvalue weighted by Crippen LogP contribution is 2.49. The minimum absolute atomic E-state index is 0.0192. The van der Waals surface area contributed by atoms with Crippen LogP contribution < -0.4 is 10.2 Å². The number of nitrogens with one attached hydrogen (secondary N) is 1. The fourth-order valence-electron chi connectivity index (χ4n) is 7.05. The number of aliphatic hydroxyl groups excluding tert-OH is 1. The Morgan fingerprint density at radius 1 is 1.22 bits per heavy atom. The van der Waals surface area contributed by atoms with E-state index in [2.05, 4.69) is 26.6 Å². The lowest BCUT2D eigenvalue weighted by Gasteiger charge is -2.59. The first-order valence-corrected chi connectivity index (χ1v) is 15.0. The molecule has 0 radical (unpaired) electrons. The van der Waals surface area contributed by atoms with Crippen LogP contribution in [0.25, 0.3) is 0 Å². The summed E-state index contributed by atoms with van der Waals surface area (Å²) in [4.78, 5) is 21.8. The van der Waals surface area contributed by atoms with Crippen molar-refractivity contribution in [2.75, 3.05) is 43.1 Å². The maximum Gasteiger partial charge on any atom is 0.416 e. The maximum absolute atomic E-state index is 14.4. The van der Waals surface area contributed by atoms with E-state index in [1.165, 1.54) is 4.90 Å². The predicted molar refractivity (Wildman–Crippen MR) is 155 cm³/mol. The number of halogens is 3. The molecule has 11 nitrogen and oxygen atoms in total. The molecule has 3 aromatic rings. The summed E-state index contributed by atoms with van der Waals surface area (Å²) in [6.07, 6.45) is -1.01. The maximum atomic E-state index is 14.4. The van der Waals surface area contributed by atoms with Crippen LogP contribution in [0.4, 0.5) is 24.8 Å². The van der Waals surface area contributed by atoms with Crippen LogP contribution >= 0.6 is 0 Å². The van der Waals surface area contributed by atoms with Crippen LogP contribution in [0, 0.1) is 16.7 Å². The summed E-state index contributed by atoms with van der Waals surface area (Å²) < 4.78 is 50.7. The standard InChI is InChI=1S/C31H33F3N8O3/c1-40-18-37-39-27(40)11-30(16-45-17-30)20-9-25(36-6-2-5-35)38-26(10-20)42-13-22-21(28(42)44)7-19(8-23(22)31(32,33)34)12-41-14-29(15-41)4-3-24(29)43/h7-10,18,24,43H,2-4,6,11-17H2,1H3,(H,36,38). The lowest BCUT2D eigenvalue weighted by Crippen LogP contribution is -2.66. The van der Waals surface area contributed by atoms with Crippen LogP contribution in [0.2, 0.25) is 0 Å². The topological polar surface area (TPSA) is 132 Å². The molecule has 2 aromatic heterocycles. The first-order chi connectivity index (χ1) is 21.5. The van der Waals surface area contributed by atoms with Gasteiger partial charge < -0.3 is 19.7 Å². The van der Waals surface area contributed by atoms with E-state index in [-0.39, 0.29) is 48.0 Å². The molecule has 3 aliphatic heterocycles. The van der Waals surface area contributed by atoms with Gasteiger partial charge in [-0.15, -0.1) is 10.2 Å². The quantitative estimate of drug-likeness (QED) is 0.346. The Balaban J connectivity index is 1.21. The predicted octanol–water partition coefficient (Wildman–Crippen LogP) is 3.18. The molecule has 1 aliphatic carbocycles. The summed E-state index contributed by atoms with van der Waals surface area (Å²) in [5.41, 5.74) is -0.307. The number of hydrogen-bond donors (Lipinski definition) is 2. The number of hydrogen-bond acceptors (Lipinski definition) is 9. The minimum Gasteiger partial charge on any atom is -0.392 e. The zero-order valence-electron chi connectivity index (χ0n) is 24.8. The molecule has 4 aliphatic rings. The second-order valence-electron chi connectivity index (χ2n) is 12.9. The Morgan fingerprint density at radius 2 is 2.02 bits per heavy atom. The van der Waals surface area contributed by atoms with Gasteiger partial charge in [-0.2, -0.15) is 18.4 Å². The zero-order valence-corrected chi connectivity index (χ0v) is 24.8. The van der Waals surface area contributed by atoms with Gasteiger partial charge in [-0.05, 0) is 53.8 Å². The van der Waals surface area contributed by atoms with Crippen molar-refractivity contribution in [3.05, 3.63) is 64.2 Å². The number of likely N-dealkylation sites (tertiary alicyclic amines) is 1. The SMILES string of the molecule is Cn1cnnc1CC1(c2cc(NCCC#N)nc(N3Cc4c(cc(CN5CC6(CCC6O)C5)cc4C(F)(F)F)C3=O)c2)COC1. The number of nitriles is 1. The normalized spacial score (nSPS) is 21.6. The van der Waals surface area contributed by atoms with E-state index >= 15 is 0 Å². The Bertz CT molecular complexity index is 1690. The largest absolute Gasteiger partial charge is 0.416 e. The number of nitrogens with zero attached hydrogens (tertiary/aromatic N) is 7. The Hall–Kier alpha value is -4.06. The Labute approximate surface area is 257 Å². The number of pyridine rings is 1. The van der Waals surface area contributed by atoms with Crippen molar-refractivity contribution >= 4 is 17.5 Å². The molecule has 2 N–H and O–H groups in total. The number of benzene rings is 1. The van der Waals surface area contributed by atoms with Gasteiger partial charge in [0.1, 0.15) is 23.8 Å². The summed E-state index contributed by atoms with van der Waals surface area (Å²) in [7, 11) is 1.85. The van der Waals surface area contributed by atoms with Crippen molar-refractivity contribution in [3.63, 3.8) is 0 Å². The number of carbonyl (C=O) groups is 1. The lowest BCUT2D eigenvalue weighted by molar-refractivity contribution is -0.160. The Kier molecular flexibility index (Phi) is 7.10. The number of carbonyl (C=O) groups excluding carboxylic acids is 1. The van der Waals surface area contributed by atoms with Crippen molar-refractivity contribution < 1.29 is 27.8 Å². The summed E-state index contributed by atoms with van der Waals surface area (Å²) in [5.74, 6) is 0.817. The van der Waals surface area contributed by atoms with E-state index in [1.807, 2.05) is 22.6 Å². The van der Waals surface area contributed by atoms with Crippen molar-refractivity contribution in [3.8, 4) is 6.07 Å². The highest BCUT2D eigenvalue weighted by Gasteiger charge is 2.54. The summed E-state index contributed by atoms with van der Waals surface area (Å²) in [5, 5.41) is 30.5. The third kappa shape index (κ3) is 5.12. The average molecular weight is 623 g/mol. The molecule has 7 rings (SSSR count). The van der Waals surface area contributed by atoms with E-state index in [9.17, 15) is 23.1 Å². The summed E-state index contributed by atoms with van der Waals surface area (Å²) in [6, 6.07) is 8.38. The number of rotatable bonds is 9. The molecule has 14 heteroatoms. The number of amides is 1. The van der Waals surface area contributed by atoms with Crippen LogP contribution in [-0.4, -0.2) is 74.6 Å². The van der Waals surface area contributed by atoms with Gasteiger partial charge >= 0.3 is 6.18 Å². The van der Waals surface area contributed by atoms with Crippen LogP contribution in [0.15, 0.2) is 30.6 Å². The van der Waals surface area contributed by atoms with E-state index < -0.39 is 23.1 Å². The first-order valence-electron chi connectivity index (χ1n) is 15.0. The molecular weight excluding hydrogens is 589 g/mol. The summed E-state index contributed by atoms with van der Waals surface area (Å²) >= 11 is 0. The monoisotopic (exact) mass is 622 g/mol. The number of aliphatic hydroxyl groups is 1. The molecule has 1 saturated carbocycles. The third-order valence-corrected chi connectivity index (χ3v) is 9.81. The molecule has 1 atom stereocenters. The molecular formula is C31H33F3N8O3. The molecule has 1 spiro atoms. The van der Waals surface area contributed by atoms with Gasteiger partial charge in [-0.1, -0.05) is 0 Å². The number of alkyl halides is 3. The van der Waals surface area contributed by atoms with Gasteiger partial charge in [0, 0.05) is 56.0 Å². The molecule has 2 saturated heterocycles. The molecule has 1 unspecified atom stereocenters. The molecule has 0 bridgehead atoms. The second-order valence-corrected chi connectivity index (χ2v) is 12.9. The molecule has 1 amide bonds. The van der Waals surface area contributed by atoms with E-state index in [4.69, 9.17) is 10.00 Å². The smallest absolute Gasteiger partial charge is 0.392 e. The highest BCUT2D eigenvalue weighted by molar-refractivity contribution is 6.10. The fourth-order valence-corrected chi connectivity index (χ4v) is 7.05. The number of aromatic nitrogens is 4. The van der Waals surface area contributed by atoms with Crippen molar-refractivity contribution in [2.24, 2.45) is 12.5 Å². The zero-order chi connectivity index (χ0) is 31.6. The molecule has 5 heterocycles. The van der Waals surface area contributed by atoms with Crippen LogP contribution in [-0.2, 0) is 42.9 Å². The Morgan fingerprint density at radius 3 is 2.62 bits per heavy atom. The van der Waals surface area contributed by atoms with Gasteiger partial charge in [0.25, 0.3) is 5.91 Å². The van der Waals surface area contributed by atoms with E-state index in [0.717, 1.165) is 30.3 Å². The highest BCUT2D eigenvalue weighted by atomic mass is 19.4. The van der Waals surface area contributed by atoms with Gasteiger partial charge in [-0.3, -0.25) is 14.6 Å². The lowest BCUT2D eigenvalue weighted by atomic mass is 9.61. The van der Waals surface area contributed by atoms with Crippen molar-refractivity contribution in [1.29, 1.82) is 5.26 Å². The second kappa shape index (κ2) is 10.8. The van der Waals surface area contributed by atoms with E-state index in [0.29, 0.717) is 50.7 Å². The summed E-state index contributed by atoms with van der Waals surface area (Å²) in [6.45, 7) is 2.32. The van der Waals surface area contributed by atoms with Gasteiger partial charge in [0.15, 0.2) is 0 Å². The average Bonchev–Trinajstić information content (AvgIpc) is 3.52. The van der Waals surface area contributed by atoms with Crippen molar-refractivity contribution in [1.82, 2.24) is 24.6 Å². The molecule has 3 fully saturated rings.